The van der Waals surface area contributed by atoms with Gasteiger partial charge in [-0.15, -0.1) is 13.2 Å². The molecule has 1 saturated heterocycles. The van der Waals surface area contributed by atoms with Crippen LogP contribution in [0, 0.1) is 5.92 Å². The third kappa shape index (κ3) is 7.40. The van der Waals surface area contributed by atoms with Crippen LogP contribution in [0.2, 0.25) is 0 Å². The minimum atomic E-state index is -5.13. The highest BCUT2D eigenvalue weighted by atomic mass is 19.4. The van der Waals surface area contributed by atoms with Gasteiger partial charge in [0.2, 0.25) is 5.91 Å². The Labute approximate surface area is 233 Å². The average molecular weight is 612 g/mol. The van der Waals surface area contributed by atoms with Crippen LogP contribution in [0.5, 0.6) is 5.75 Å². The third-order valence-corrected chi connectivity index (χ3v) is 7.22. The SMILES string of the molecule is CC1C(c2cc(C(F)(F)F)cc(C(F)(F)F)c2)OC(=O)N1Cc1cc(OC(F)(F)F)ccc1NC(=O)C1CCCCC1. The number of ether oxygens (including phenoxy) is 2. The topological polar surface area (TPSA) is 67.9 Å². The van der Waals surface area contributed by atoms with Crippen molar-refractivity contribution in [3.63, 3.8) is 0 Å². The molecule has 6 nitrogen and oxygen atoms in total. The number of nitrogens with one attached hydrogen (secondary N) is 1. The number of nitrogens with zero attached hydrogens (tertiary/aromatic N) is 1. The molecule has 230 valence electrons. The lowest BCUT2D eigenvalue weighted by Gasteiger charge is -2.25. The number of hydrogen-bond donors (Lipinski definition) is 1. The number of alkyl halides is 9. The molecular formula is C27H25F9N2O4. The van der Waals surface area contributed by atoms with Crippen molar-refractivity contribution in [2.45, 2.75) is 76.4 Å². The first-order chi connectivity index (χ1) is 19.4. The van der Waals surface area contributed by atoms with Gasteiger partial charge in [-0.3, -0.25) is 9.69 Å². The largest absolute Gasteiger partial charge is 0.573 e. The van der Waals surface area contributed by atoms with Crippen LogP contribution in [-0.4, -0.2) is 29.3 Å². The van der Waals surface area contributed by atoms with Crippen LogP contribution in [0.3, 0.4) is 0 Å². The number of carbonyl (C=O) groups excluding carboxylic acids is 2. The van der Waals surface area contributed by atoms with Crippen LogP contribution < -0.4 is 10.1 Å². The number of anilines is 1. The fraction of sp³-hybridized carbons (Fsp3) is 0.481. The molecule has 2 aromatic carbocycles. The minimum Gasteiger partial charge on any atom is -0.439 e. The quantitative estimate of drug-likeness (QED) is 0.334. The van der Waals surface area contributed by atoms with E-state index in [-0.39, 0.29) is 29.1 Å². The summed E-state index contributed by atoms with van der Waals surface area (Å²) >= 11 is 0. The zero-order valence-electron chi connectivity index (χ0n) is 21.9. The molecule has 0 bridgehead atoms. The molecule has 1 N–H and O–H groups in total. The lowest BCUT2D eigenvalue weighted by atomic mass is 9.88. The Balaban J connectivity index is 1.65. The summed E-state index contributed by atoms with van der Waals surface area (Å²) in [4.78, 5) is 26.6. The van der Waals surface area contributed by atoms with Crippen LogP contribution in [0.25, 0.3) is 0 Å². The standard InChI is InChI=1S/C27H25F9N2O4/c1-14-22(16-9-18(25(28,29)30)12-19(10-16)26(31,32)33)41-24(40)38(14)13-17-11-20(42-27(34,35)36)7-8-21(17)37-23(39)15-5-3-2-4-6-15/h7-12,14-15,22H,2-6,13H2,1H3,(H,37,39). The Kier molecular flexibility index (Phi) is 8.61. The van der Waals surface area contributed by atoms with E-state index in [0.717, 1.165) is 42.4 Å². The normalized spacial score (nSPS) is 20.4. The molecule has 1 saturated carbocycles. The number of halogens is 9. The maximum absolute atomic E-state index is 13.4. The first-order valence-corrected chi connectivity index (χ1v) is 12.9. The number of hydrogen-bond acceptors (Lipinski definition) is 4. The summed E-state index contributed by atoms with van der Waals surface area (Å²) in [6, 6.07) is 2.73. The van der Waals surface area contributed by atoms with E-state index in [2.05, 4.69) is 10.1 Å². The van der Waals surface area contributed by atoms with Crippen molar-refractivity contribution in [2.75, 3.05) is 5.32 Å². The number of amides is 2. The van der Waals surface area contributed by atoms with E-state index >= 15 is 0 Å². The highest BCUT2D eigenvalue weighted by Gasteiger charge is 2.43. The predicted octanol–water partition coefficient (Wildman–Crippen LogP) is 8.22. The molecule has 2 amide bonds. The molecule has 1 aliphatic heterocycles. The maximum atomic E-state index is 13.4. The summed E-state index contributed by atoms with van der Waals surface area (Å²) < 4.78 is 128. The summed E-state index contributed by atoms with van der Waals surface area (Å²) in [6.45, 7) is 0.802. The van der Waals surface area contributed by atoms with Gasteiger partial charge in [-0.1, -0.05) is 19.3 Å². The van der Waals surface area contributed by atoms with Crippen molar-refractivity contribution in [3.8, 4) is 5.75 Å². The summed E-state index contributed by atoms with van der Waals surface area (Å²) in [7, 11) is 0. The van der Waals surface area contributed by atoms with E-state index in [0.29, 0.717) is 25.0 Å². The van der Waals surface area contributed by atoms with E-state index in [9.17, 15) is 49.1 Å². The Bertz CT molecular complexity index is 1290. The van der Waals surface area contributed by atoms with E-state index < -0.39 is 65.9 Å². The molecule has 1 aliphatic carbocycles. The van der Waals surface area contributed by atoms with Crippen molar-refractivity contribution in [1.29, 1.82) is 0 Å². The van der Waals surface area contributed by atoms with Crippen molar-refractivity contribution >= 4 is 17.7 Å². The van der Waals surface area contributed by atoms with Crippen molar-refractivity contribution in [3.05, 3.63) is 58.7 Å². The molecule has 2 aliphatic rings. The monoisotopic (exact) mass is 612 g/mol. The summed E-state index contributed by atoms with van der Waals surface area (Å²) in [5.74, 6) is -1.38. The van der Waals surface area contributed by atoms with Gasteiger partial charge < -0.3 is 14.8 Å². The highest BCUT2D eigenvalue weighted by molar-refractivity contribution is 5.93. The molecule has 0 radical (unpaired) electrons. The van der Waals surface area contributed by atoms with Gasteiger partial charge in [0.05, 0.1) is 23.7 Å². The second-order valence-corrected chi connectivity index (χ2v) is 10.2. The second kappa shape index (κ2) is 11.6. The highest BCUT2D eigenvalue weighted by Crippen LogP contribution is 2.41. The van der Waals surface area contributed by atoms with E-state index in [1.807, 2.05) is 0 Å². The van der Waals surface area contributed by atoms with Crippen molar-refractivity contribution < 1.29 is 58.6 Å². The molecule has 2 unspecified atom stereocenters. The predicted molar refractivity (Wildman–Crippen MR) is 129 cm³/mol. The number of rotatable bonds is 6. The molecule has 2 atom stereocenters. The molecule has 2 aromatic rings. The molecule has 0 aromatic heterocycles. The molecule has 0 spiro atoms. The maximum Gasteiger partial charge on any atom is 0.573 e. The molecule has 2 fully saturated rings. The van der Waals surface area contributed by atoms with Gasteiger partial charge in [0.25, 0.3) is 0 Å². The van der Waals surface area contributed by atoms with Crippen molar-refractivity contribution in [2.24, 2.45) is 5.92 Å². The van der Waals surface area contributed by atoms with Gasteiger partial charge in [-0.2, -0.15) is 26.3 Å². The zero-order chi connectivity index (χ0) is 31.0. The van der Waals surface area contributed by atoms with E-state index in [1.54, 1.807) is 0 Å². The van der Waals surface area contributed by atoms with Crippen LogP contribution >= 0.6 is 0 Å². The van der Waals surface area contributed by atoms with Gasteiger partial charge >= 0.3 is 24.8 Å². The molecule has 4 rings (SSSR count). The third-order valence-electron chi connectivity index (χ3n) is 7.22. The van der Waals surface area contributed by atoms with Gasteiger partial charge in [-0.05, 0) is 67.3 Å². The van der Waals surface area contributed by atoms with Gasteiger partial charge in [0.15, 0.2) is 0 Å². The Hall–Kier alpha value is -3.65. The molecule has 1 heterocycles. The van der Waals surface area contributed by atoms with E-state index in [1.165, 1.54) is 6.92 Å². The van der Waals surface area contributed by atoms with Crippen LogP contribution in [0.4, 0.5) is 50.0 Å². The Morgan fingerprint density at radius 1 is 0.929 bits per heavy atom. The first-order valence-electron chi connectivity index (χ1n) is 12.9. The average Bonchev–Trinajstić information content (AvgIpc) is 3.17. The summed E-state index contributed by atoms with van der Waals surface area (Å²) in [5, 5.41) is 2.66. The Morgan fingerprint density at radius 2 is 1.52 bits per heavy atom. The van der Waals surface area contributed by atoms with Gasteiger partial charge in [0, 0.05) is 11.6 Å². The summed E-state index contributed by atoms with van der Waals surface area (Å²) in [6.07, 6.45) is -14.2. The summed E-state index contributed by atoms with van der Waals surface area (Å²) in [5.41, 5.74) is -3.73. The number of benzene rings is 2. The minimum absolute atomic E-state index is 0.0228. The first kappa shape index (κ1) is 31.3. The fourth-order valence-corrected chi connectivity index (χ4v) is 5.11. The van der Waals surface area contributed by atoms with Gasteiger partial charge in [0.1, 0.15) is 11.9 Å². The van der Waals surface area contributed by atoms with E-state index in [4.69, 9.17) is 4.74 Å². The zero-order valence-corrected chi connectivity index (χ0v) is 21.9. The number of cyclic esters (lactones) is 1. The number of carbonyl (C=O) groups is 2. The molecule has 15 heteroatoms. The smallest absolute Gasteiger partial charge is 0.439 e. The second-order valence-electron chi connectivity index (χ2n) is 10.2. The van der Waals surface area contributed by atoms with Crippen LogP contribution in [0.1, 0.15) is 67.4 Å². The lowest BCUT2D eigenvalue weighted by molar-refractivity contribution is -0.274. The lowest BCUT2D eigenvalue weighted by Crippen LogP contribution is -2.32. The van der Waals surface area contributed by atoms with Crippen LogP contribution in [0.15, 0.2) is 36.4 Å². The fourth-order valence-electron chi connectivity index (χ4n) is 5.11. The van der Waals surface area contributed by atoms with Crippen LogP contribution in [-0.2, 0) is 28.4 Å². The van der Waals surface area contributed by atoms with Gasteiger partial charge in [-0.25, -0.2) is 4.79 Å². The van der Waals surface area contributed by atoms with Crippen molar-refractivity contribution in [1.82, 2.24) is 4.90 Å². The molecular weight excluding hydrogens is 587 g/mol. The Morgan fingerprint density at radius 3 is 2.07 bits per heavy atom. The molecule has 42 heavy (non-hydrogen) atoms.